The fraction of sp³-hybridized carbons (Fsp3) is 0.417. The molecule has 0 spiro atoms. The van der Waals surface area contributed by atoms with Gasteiger partial charge in [-0.3, -0.25) is 4.79 Å². The van der Waals surface area contributed by atoms with E-state index in [0.717, 1.165) is 19.5 Å². The van der Waals surface area contributed by atoms with Crippen LogP contribution in [0.15, 0.2) is 12.1 Å². The lowest BCUT2D eigenvalue weighted by molar-refractivity contribution is 0.0744. The average Bonchev–Trinajstić information content (AvgIpc) is 2.87. The second-order valence-corrected chi connectivity index (χ2v) is 5.51. The number of hydrogen-bond acceptors (Lipinski definition) is 2. The van der Waals surface area contributed by atoms with Gasteiger partial charge in [-0.05, 0) is 25.1 Å². The van der Waals surface area contributed by atoms with Crippen molar-refractivity contribution in [1.29, 1.82) is 0 Å². The van der Waals surface area contributed by atoms with Gasteiger partial charge in [0, 0.05) is 25.2 Å². The minimum absolute atomic E-state index is 0. The predicted molar refractivity (Wildman–Crippen MR) is 82.1 cm³/mol. The quantitative estimate of drug-likeness (QED) is 0.833. The maximum Gasteiger partial charge on any atom is 0.253 e. The van der Waals surface area contributed by atoms with Crippen LogP contribution < -0.4 is 5.32 Å². The molecule has 2 rings (SSSR count). The lowest BCUT2D eigenvalue weighted by Crippen LogP contribution is -2.38. The Morgan fingerprint density at radius 2 is 1.89 bits per heavy atom. The van der Waals surface area contributed by atoms with E-state index in [2.05, 4.69) is 5.32 Å². The summed E-state index contributed by atoms with van der Waals surface area (Å²) in [5.41, 5.74) is 0.462. The third kappa shape index (κ3) is 3.67. The van der Waals surface area contributed by atoms with Crippen LogP contribution in [0.3, 0.4) is 0 Å². The number of carbonyl (C=O) groups is 1. The average molecular weight is 344 g/mol. The minimum atomic E-state index is -0.0934. The molecule has 0 radical (unpaired) electrons. The minimum Gasteiger partial charge on any atom is -0.337 e. The summed E-state index contributed by atoms with van der Waals surface area (Å²) >= 11 is 17.7. The van der Waals surface area contributed by atoms with E-state index in [1.807, 2.05) is 0 Å². The van der Waals surface area contributed by atoms with Crippen molar-refractivity contribution in [3.63, 3.8) is 0 Å². The summed E-state index contributed by atoms with van der Waals surface area (Å²) in [7, 11) is 1.79. The molecule has 106 valence electrons. The lowest BCUT2D eigenvalue weighted by atomic mass is 10.1. The van der Waals surface area contributed by atoms with Gasteiger partial charge in [-0.2, -0.15) is 0 Å². The summed E-state index contributed by atoms with van der Waals surface area (Å²) in [5.74, 6) is -0.0934. The second-order valence-electron chi connectivity index (χ2n) is 4.32. The highest BCUT2D eigenvalue weighted by atomic mass is 35.5. The third-order valence-corrected chi connectivity index (χ3v) is 4.33. The Balaban J connectivity index is 0.00000180. The Morgan fingerprint density at radius 3 is 2.37 bits per heavy atom. The summed E-state index contributed by atoms with van der Waals surface area (Å²) < 4.78 is 0. The highest BCUT2D eigenvalue weighted by Gasteiger charge is 2.24. The molecule has 1 N–H and O–H groups in total. The predicted octanol–water partition coefficient (Wildman–Crippen LogP) is 3.50. The van der Waals surface area contributed by atoms with E-state index in [-0.39, 0.29) is 29.4 Å². The van der Waals surface area contributed by atoms with Crippen molar-refractivity contribution >= 4 is 53.1 Å². The van der Waals surface area contributed by atoms with Gasteiger partial charge >= 0.3 is 0 Å². The molecule has 1 aromatic rings. The van der Waals surface area contributed by atoms with Crippen LogP contribution >= 0.6 is 47.2 Å². The highest BCUT2D eigenvalue weighted by Crippen LogP contribution is 2.31. The zero-order chi connectivity index (χ0) is 13.3. The number of halogens is 4. The SMILES string of the molecule is CN(C(=O)c1cc(Cl)c(Cl)c(Cl)c1)[C@@H]1CCNC1.Cl. The van der Waals surface area contributed by atoms with Gasteiger partial charge < -0.3 is 10.2 Å². The molecule has 0 bridgehead atoms. The topological polar surface area (TPSA) is 32.3 Å². The molecule has 19 heavy (non-hydrogen) atoms. The van der Waals surface area contributed by atoms with Gasteiger partial charge in [-0.25, -0.2) is 0 Å². The largest absolute Gasteiger partial charge is 0.337 e. The van der Waals surface area contributed by atoms with Crippen LogP contribution in [0.2, 0.25) is 15.1 Å². The van der Waals surface area contributed by atoms with Gasteiger partial charge in [0.15, 0.2) is 0 Å². The second kappa shape index (κ2) is 7.00. The van der Waals surface area contributed by atoms with Crippen LogP contribution in [0.1, 0.15) is 16.8 Å². The van der Waals surface area contributed by atoms with Crippen LogP contribution in [0.25, 0.3) is 0 Å². The molecule has 7 heteroatoms. The number of likely N-dealkylation sites (N-methyl/N-ethyl adjacent to an activating group) is 1. The Hall–Kier alpha value is -0.190. The molecule has 3 nitrogen and oxygen atoms in total. The molecule has 1 heterocycles. The van der Waals surface area contributed by atoms with Crippen molar-refractivity contribution in [2.45, 2.75) is 12.5 Å². The van der Waals surface area contributed by atoms with Crippen molar-refractivity contribution in [2.24, 2.45) is 0 Å². The van der Waals surface area contributed by atoms with E-state index in [1.54, 1.807) is 24.1 Å². The molecule has 1 aliphatic heterocycles. The third-order valence-electron chi connectivity index (χ3n) is 3.13. The zero-order valence-electron chi connectivity index (χ0n) is 10.3. The summed E-state index contributed by atoms with van der Waals surface area (Å²) in [6.07, 6.45) is 0.956. The Labute approximate surface area is 133 Å². The molecular weight excluding hydrogens is 330 g/mol. The maximum absolute atomic E-state index is 12.3. The number of nitrogens with one attached hydrogen (secondary N) is 1. The van der Waals surface area contributed by atoms with Crippen molar-refractivity contribution in [2.75, 3.05) is 20.1 Å². The Kier molecular flexibility index (Phi) is 6.21. The van der Waals surface area contributed by atoms with Gasteiger partial charge in [0.05, 0.1) is 15.1 Å². The molecule has 1 aromatic carbocycles. The molecule has 1 aliphatic rings. The standard InChI is InChI=1S/C12H13Cl3N2O.ClH/c1-17(8-2-3-16-6-8)12(18)7-4-9(13)11(15)10(14)5-7;/h4-5,8,16H,2-3,6H2,1H3;1H/t8-;/m1./s1. The van der Waals surface area contributed by atoms with Gasteiger partial charge in [-0.15, -0.1) is 12.4 Å². The molecular formula is C12H14Cl4N2O. The fourth-order valence-corrected chi connectivity index (χ4v) is 2.61. The van der Waals surface area contributed by atoms with Gasteiger partial charge in [0.25, 0.3) is 5.91 Å². The van der Waals surface area contributed by atoms with Crippen molar-refractivity contribution < 1.29 is 4.79 Å². The van der Waals surface area contributed by atoms with Crippen LogP contribution in [0, 0.1) is 0 Å². The molecule has 1 fully saturated rings. The first-order valence-corrected chi connectivity index (χ1v) is 6.76. The number of hydrogen-bond donors (Lipinski definition) is 1. The molecule has 0 aliphatic carbocycles. The Morgan fingerprint density at radius 1 is 1.32 bits per heavy atom. The highest BCUT2D eigenvalue weighted by molar-refractivity contribution is 6.48. The van der Waals surface area contributed by atoms with Gasteiger partial charge in [0.2, 0.25) is 0 Å². The van der Waals surface area contributed by atoms with Gasteiger partial charge in [0.1, 0.15) is 0 Å². The van der Waals surface area contributed by atoms with E-state index in [1.165, 1.54) is 0 Å². The van der Waals surface area contributed by atoms with Crippen molar-refractivity contribution in [3.05, 3.63) is 32.8 Å². The molecule has 0 aromatic heterocycles. The summed E-state index contributed by atoms with van der Waals surface area (Å²) in [4.78, 5) is 14.0. The molecule has 1 saturated heterocycles. The van der Waals surface area contributed by atoms with Crippen LogP contribution in [0.5, 0.6) is 0 Å². The van der Waals surface area contributed by atoms with Crippen molar-refractivity contribution in [1.82, 2.24) is 10.2 Å². The first-order valence-electron chi connectivity index (χ1n) is 5.63. The first kappa shape index (κ1) is 16.9. The van der Waals surface area contributed by atoms with Gasteiger partial charge in [-0.1, -0.05) is 34.8 Å². The van der Waals surface area contributed by atoms with Crippen LogP contribution in [-0.2, 0) is 0 Å². The number of benzene rings is 1. The molecule has 0 unspecified atom stereocenters. The van der Waals surface area contributed by atoms with Crippen LogP contribution in [0.4, 0.5) is 0 Å². The summed E-state index contributed by atoms with van der Waals surface area (Å²) in [6, 6.07) is 3.32. The number of carbonyl (C=O) groups excluding carboxylic acids is 1. The summed E-state index contributed by atoms with van der Waals surface area (Å²) in [5, 5.41) is 4.10. The lowest BCUT2D eigenvalue weighted by Gasteiger charge is -2.24. The molecule has 1 amide bonds. The van der Waals surface area contributed by atoms with Crippen molar-refractivity contribution in [3.8, 4) is 0 Å². The zero-order valence-corrected chi connectivity index (χ0v) is 13.3. The molecule has 1 atom stereocenters. The normalized spacial score (nSPS) is 18.0. The smallest absolute Gasteiger partial charge is 0.253 e. The van der Waals surface area contributed by atoms with E-state index in [0.29, 0.717) is 15.6 Å². The number of nitrogens with zero attached hydrogens (tertiary/aromatic N) is 1. The van der Waals surface area contributed by atoms with E-state index < -0.39 is 0 Å². The summed E-state index contributed by atoms with van der Waals surface area (Å²) in [6.45, 7) is 1.75. The van der Waals surface area contributed by atoms with E-state index in [4.69, 9.17) is 34.8 Å². The van der Waals surface area contributed by atoms with E-state index >= 15 is 0 Å². The number of amides is 1. The number of rotatable bonds is 2. The monoisotopic (exact) mass is 342 g/mol. The maximum atomic E-state index is 12.3. The Bertz CT molecular complexity index is 452. The van der Waals surface area contributed by atoms with Crippen LogP contribution in [-0.4, -0.2) is 37.0 Å². The molecule has 0 saturated carbocycles. The van der Waals surface area contributed by atoms with E-state index in [9.17, 15) is 4.79 Å². The first-order chi connectivity index (χ1) is 8.50. The fourth-order valence-electron chi connectivity index (χ4n) is 2.02.